The number of amides is 4. The smallest absolute Gasteiger partial charge is 0.256 e. The minimum absolute atomic E-state index is 0.227. The molecular weight excluding hydrogens is 320 g/mol. The average molecular weight is 340 g/mol. The third kappa shape index (κ3) is 3.12. The molecule has 25 heavy (non-hydrogen) atoms. The molecule has 130 valence electrons. The van der Waals surface area contributed by atoms with Crippen LogP contribution >= 0.6 is 0 Å². The molecule has 3 aliphatic rings. The number of allylic oxidation sites excluding steroid dienone is 2. The van der Waals surface area contributed by atoms with Crippen LogP contribution in [0.15, 0.2) is 47.1 Å². The minimum Gasteiger partial charge on any atom is -0.274 e. The normalized spacial score (nSPS) is 26.4. The highest BCUT2D eigenvalue weighted by molar-refractivity contribution is 6.16. The lowest BCUT2D eigenvalue weighted by Gasteiger charge is -2.34. The average Bonchev–Trinajstić information content (AvgIpc) is 2.91. The largest absolute Gasteiger partial charge is 0.274 e. The lowest BCUT2D eigenvalue weighted by Crippen LogP contribution is -2.41. The van der Waals surface area contributed by atoms with E-state index in [9.17, 15) is 19.2 Å². The van der Waals surface area contributed by atoms with E-state index >= 15 is 0 Å². The van der Waals surface area contributed by atoms with Gasteiger partial charge in [-0.1, -0.05) is 25.2 Å². The van der Waals surface area contributed by atoms with Crippen molar-refractivity contribution in [1.82, 2.24) is 9.80 Å². The van der Waals surface area contributed by atoms with Gasteiger partial charge in [-0.3, -0.25) is 29.0 Å². The molecule has 0 spiro atoms. The Hall–Kier alpha value is -2.76. The summed E-state index contributed by atoms with van der Waals surface area (Å²) in [7, 11) is 0. The standard InChI is InChI=1S/C19H20N2O4/c1-12-7-15(22)20(17(12)24)10-14-5-4-6-19(3,9-14)11-21-16(23)8-13(2)18(21)25/h4-8H,9-11H2,1-3H3. The summed E-state index contributed by atoms with van der Waals surface area (Å²) in [6.45, 7) is 5.71. The molecule has 0 fully saturated rings. The van der Waals surface area contributed by atoms with E-state index < -0.39 is 5.41 Å². The molecule has 6 heteroatoms. The summed E-state index contributed by atoms with van der Waals surface area (Å²) in [5, 5.41) is 0. The highest BCUT2D eigenvalue weighted by Gasteiger charge is 2.37. The quantitative estimate of drug-likeness (QED) is 0.727. The summed E-state index contributed by atoms with van der Waals surface area (Å²) in [5.74, 6) is -1.13. The van der Waals surface area contributed by atoms with E-state index in [0.717, 1.165) is 5.57 Å². The number of rotatable bonds is 4. The predicted molar refractivity (Wildman–Crippen MR) is 90.9 cm³/mol. The Balaban J connectivity index is 1.69. The van der Waals surface area contributed by atoms with Gasteiger partial charge in [0.15, 0.2) is 0 Å². The molecule has 0 saturated heterocycles. The van der Waals surface area contributed by atoms with Crippen LogP contribution in [-0.2, 0) is 19.2 Å². The molecule has 2 heterocycles. The Morgan fingerprint density at radius 2 is 1.52 bits per heavy atom. The van der Waals surface area contributed by atoms with Gasteiger partial charge in [0.1, 0.15) is 0 Å². The van der Waals surface area contributed by atoms with Crippen LogP contribution in [0.25, 0.3) is 0 Å². The maximum atomic E-state index is 12.1. The van der Waals surface area contributed by atoms with Crippen molar-refractivity contribution < 1.29 is 19.2 Å². The SMILES string of the molecule is CC1=CC(=O)N(CC2=CC=CC(C)(CN3C(=O)C=C(C)C3=O)C2)C1=O. The maximum Gasteiger partial charge on any atom is 0.256 e. The fourth-order valence-electron chi connectivity index (χ4n) is 3.41. The molecule has 0 aromatic rings. The second kappa shape index (κ2) is 5.95. The van der Waals surface area contributed by atoms with Gasteiger partial charge in [0.25, 0.3) is 23.6 Å². The van der Waals surface area contributed by atoms with Gasteiger partial charge in [0.05, 0.1) is 6.54 Å². The van der Waals surface area contributed by atoms with Crippen molar-refractivity contribution in [3.8, 4) is 0 Å². The van der Waals surface area contributed by atoms with Gasteiger partial charge in [-0.2, -0.15) is 0 Å². The zero-order valence-corrected chi connectivity index (χ0v) is 14.5. The Bertz CT molecular complexity index is 815. The topological polar surface area (TPSA) is 74.8 Å². The van der Waals surface area contributed by atoms with Crippen molar-refractivity contribution in [2.45, 2.75) is 27.2 Å². The number of carbonyl (C=O) groups is 4. The van der Waals surface area contributed by atoms with Crippen LogP contribution < -0.4 is 0 Å². The van der Waals surface area contributed by atoms with Crippen molar-refractivity contribution in [1.29, 1.82) is 0 Å². The summed E-state index contributed by atoms with van der Waals surface area (Å²) in [6, 6.07) is 0. The highest BCUT2D eigenvalue weighted by atomic mass is 16.2. The third-order valence-corrected chi connectivity index (χ3v) is 4.72. The minimum atomic E-state index is -0.428. The molecule has 4 amide bonds. The Morgan fingerprint density at radius 3 is 2.04 bits per heavy atom. The molecular formula is C19H20N2O4. The van der Waals surface area contributed by atoms with E-state index in [2.05, 4.69) is 0 Å². The molecule has 0 N–H and O–H groups in total. The summed E-state index contributed by atoms with van der Waals surface area (Å²) >= 11 is 0. The van der Waals surface area contributed by atoms with Crippen LogP contribution in [0.5, 0.6) is 0 Å². The molecule has 3 rings (SSSR count). The van der Waals surface area contributed by atoms with E-state index in [-0.39, 0.29) is 36.7 Å². The number of hydrogen-bond acceptors (Lipinski definition) is 4. The molecule has 1 unspecified atom stereocenters. The van der Waals surface area contributed by atoms with Crippen molar-refractivity contribution in [3.63, 3.8) is 0 Å². The molecule has 0 aromatic heterocycles. The van der Waals surface area contributed by atoms with Crippen LogP contribution in [-0.4, -0.2) is 46.5 Å². The first-order chi connectivity index (χ1) is 11.7. The van der Waals surface area contributed by atoms with Gasteiger partial charge in [0, 0.05) is 35.3 Å². The van der Waals surface area contributed by atoms with Gasteiger partial charge in [-0.25, -0.2) is 0 Å². The number of imide groups is 2. The Kier molecular flexibility index (Phi) is 4.06. The lowest BCUT2D eigenvalue weighted by atomic mass is 9.79. The zero-order valence-electron chi connectivity index (χ0n) is 14.5. The Morgan fingerprint density at radius 1 is 0.960 bits per heavy atom. The van der Waals surface area contributed by atoms with Crippen molar-refractivity contribution in [2.24, 2.45) is 5.41 Å². The van der Waals surface area contributed by atoms with Gasteiger partial charge < -0.3 is 0 Å². The summed E-state index contributed by atoms with van der Waals surface area (Å²) < 4.78 is 0. The third-order valence-electron chi connectivity index (χ3n) is 4.72. The second-order valence-electron chi connectivity index (χ2n) is 7.13. The first-order valence-electron chi connectivity index (χ1n) is 8.16. The number of carbonyl (C=O) groups excluding carboxylic acids is 4. The van der Waals surface area contributed by atoms with E-state index in [1.807, 2.05) is 25.2 Å². The maximum absolute atomic E-state index is 12.1. The summed E-state index contributed by atoms with van der Waals surface area (Å²) in [5.41, 5.74) is 1.37. The van der Waals surface area contributed by atoms with Crippen LogP contribution in [0.2, 0.25) is 0 Å². The Labute approximate surface area is 146 Å². The predicted octanol–water partition coefficient (Wildman–Crippen LogP) is 1.51. The molecule has 0 bridgehead atoms. The van der Waals surface area contributed by atoms with Crippen molar-refractivity contribution in [2.75, 3.05) is 13.1 Å². The molecule has 2 aliphatic heterocycles. The number of hydrogen-bond donors (Lipinski definition) is 0. The summed E-state index contributed by atoms with van der Waals surface area (Å²) in [6.07, 6.45) is 8.96. The van der Waals surface area contributed by atoms with E-state index in [1.54, 1.807) is 13.8 Å². The first-order valence-corrected chi connectivity index (χ1v) is 8.16. The van der Waals surface area contributed by atoms with Gasteiger partial charge in [-0.05, 0) is 25.8 Å². The fraction of sp³-hybridized carbons (Fsp3) is 0.368. The zero-order chi connectivity index (χ0) is 18.4. The van der Waals surface area contributed by atoms with E-state index in [4.69, 9.17) is 0 Å². The van der Waals surface area contributed by atoms with Crippen LogP contribution in [0.4, 0.5) is 0 Å². The molecule has 0 saturated carbocycles. The summed E-state index contributed by atoms with van der Waals surface area (Å²) in [4.78, 5) is 50.5. The molecule has 0 aromatic carbocycles. The number of nitrogens with zero attached hydrogens (tertiary/aromatic N) is 2. The van der Waals surface area contributed by atoms with Crippen LogP contribution in [0.1, 0.15) is 27.2 Å². The molecule has 1 aliphatic carbocycles. The fourth-order valence-corrected chi connectivity index (χ4v) is 3.41. The molecule has 6 nitrogen and oxygen atoms in total. The monoisotopic (exact) mass is 340 g/mol. The second-order valence-corrected chi connectivity index (χ2v) is 7.13. The van der Waals surface area contributed by atoms with Crippen LogP contribution in [0, 0.1) is 5.41 Å². The van der Waals surface area contributed by atoms with Crippen molar-refractivity contribution >= 4 is 23.6 Å². The molecule has 0 radical (unpaired) electrons. The van der Waals surface area contributed by atoms with Crippen molar-refractivity contribution in [3.05, 3.63) is 47.1 Å². The van der Waals surface area contributed by atoms with Crippen LogP contribution in [0.3, 0.4) is 0 Å². The lowest BCUT2D eigenvalue weighted by molar-refractivity contribution is -0.139. The van der Waals surface area contributed by atoms with Gasteiger partial charge >= 0.3 is 0 Å². The molecule has 1 atom stereocenters. The van der Waals surface area contributed by atoms with Gasteiger partial charge in [-0.15, -0.1) is 0 Å². The van der Waals surface area contributed by atoms with E-state index in [0.29, 0.717) is 17.6 Å². The van der Waals surface area contributed by atoms with E-state index in [1.165, 1.54) is 22.0 Å². The highest BCUT2D eigenvalue weighted by Crippen LogP contribution is 2.34. The van der Waals surface area contributed by atoms with Gasteiger partial charge in [0.2, 0.25) is 0 Å². The first kappa shape index (κ1) is 17.1.